The molecule has 2 rings (SSSR count). The van der Waals surface area contributed by atoms with Crippen LogP contribution in [-0.4, -0.2) is 44.1 Å². The smallest absolute Gasteiger partial charge is 0.191 e. The number of aromatic nitrogens is 1. The van der Waals surface area contributed by atoms with Gasteiger partial charge < -0.3 is 15.2 Å². The third-order valence-electron chi connectivity index (χ3n) is 4.60. The van der Waals surface area contributed by atoms with E-state index in [1.54, 1.807) is 0 Å². The lowest BCUT2D eigenvalue weighted by molar-refractivity contribution is 0.372. The SMILES string of the molecule is CCNC(=NCc1cc(C(CC)CC)no1)NCC1CCS(=O)(=O)C1. The standard InChI is InChI=1S/C17H30N4O3S/c1-4-14(5-2)16-9-15(24-21-16)11-20-17(18-6-3)19-10-13-7-8-25(22,23)12-13/h9,13-14H,4-8,10-12H2,1-3H3,(H2,18,19,20). The van der Waals surface area contributed by atoms with Gasteiger partial charge in [-0.05, 0) is 32.1 Å². The van der Waals surface area contributed by atoms with Crippen LogP contribution in [-0.2, 0) is 16.4 Å². The number of rotatable bonds is 8. The number of aliphatic imine (C=N–C) groups is 1. The normalized spacial score (nSPS) is 20.2. The second-order valence-electron chi connectivity index (χ2n) is 6.58. The molecule has 1 aliphatic heterocycles. The fourth-order valence-electron chi connectivity index (χ4n) is 3.08. The number of sulfone groups is 1. The lowest BCUT2D eigenvalue weighted by Crippen LogP contribution is -2.40. The molecule has 1 aliphatic rings. The van der Waals surface area contributed by atoms with Gasteiger partial charge in [-0.2, -0.15) is 0 Å². The Bertz CT molecular complexity index is 665. The first-order valence-corrected chi connectivity index (χ1v) is 11.0. The molecule has 0 amide bonds. The maximum absolute atomic E-state index is 11.5. The predicted octanol–water partition coefficient (Wildman–Crippen LogP) is 2.07. The van der Waals surface area contributed by atoms with Crippen molar-refractivity contribution in [2.24, 2.45) is 10.9 Å². The fourth-order valence-corrected chi connectivity index (χ4v) is 4.94. The summed E-state index contributed by atoms with van der Waals surface area (Å²) in [5.74, 6) is 2.55. The molecule has 1 unspecified atom stereocenters. The van der Waals surface area contributed by atoms with Crippen molar-refractivity contribution >= 4 is 15.8 Å². The molecule has 0 aromatic carbocycles. The molecule has 1 aromatic heterocycles. The molecule has 0 saturated carbocycles. The topological polar surface area (TPSA) is 96.6 Å². The molecular weight excluding hydrogens is 340 g/mol. The summed E-state index contributed by atoms with van der Waals surface area (Å²) >= 11 is 0. The van der Waals surface area contributed by atoms with E-state index in [0.29, 0.717) is 30.7 Å². The van der Waals surface area contributed by atoms with Gasteiger partial charge in [0, 0.05) is 25.1 Å². The van der Waals surface area contributed by atoms with Crippen LogP contribution in [0.4, 0.5) is 0 Å². The van der Waals surface area contributed by atoms with E-state index in [1.807, 2.05) is 13.0 Å². The summed E-state index contributed by atoms with van der Waals surface area (Å²) in [5, 5.41) is 10.6. The van der Waals surface area contributed by atoms with E-state index in [2.05, 4.69) is 34.6 Å². The summed E-state index contributed by atoms with van der Waals surface area (Å²) in [6, 6.07) is 1.98. The van der Waals surface area contributed by atoms with Crippen LogP contribution in [0, 0.1) is 5.92 Å². The zero-order chi connectivity index (χ0) is 18.3. The van der Waals surface area contributed by atoms with E-state index in [4.69, 9.17) is 4.52 Å². The van der Waals surface area contributed by atoms with Gasteiger partial charge in [-0.3, -0.25) is 0 Å². The Morgan fingerprint density at radius 1 is 1.36 bits per heavy atom. The van der Waals surface area contributed by atoms with E-state index >= 15 is 0 Å². The van der Waals surface area contributed by atoms with Gasteiger partial charge in [0.1, 0.15) is 6.54 Å². The molecule has 0 bridgehead atoms. The Labute approximate surface area is 150 Å². The quantitative estimate of drug-likeness (QED) is 0.537. The monoisotopic (exact) mass is 370 g/mol. The van der Waals surface area contributed by atoms with Crippen LogP contribution in [0.2, 0.25) is 0 Å². The van der Waals surface area contributed by atoms with Gasteiger partial charge in [0.05, 0.1) is 17.2 Å². The van der Waals surface area contributed by atoms with Crippen LogP contribution in [0.5, 0.6) is 0 Å². The first-order chi connectivity index (χ1) is 12.0. The van der Waals surface area contributed by atoms with Crippen LogP contribution < -0.4 is 10.6 Å². The van der Waals surface area contributed by atoms with Crippen molar-refractivity contribution in [3.63, 3.8) is 0 Å². The lowest BCUT2D eigenvalue weighted by atomic mass is 9.99. The molecular formula is C17H30N4O3S. The maximum Gasteiger partial charge on any atom is 0.191 e. The van der Waals surface area contributed by atoms with Crippen molar-refractivity contribution in [1.82, 2.24) is 15.8 Å². The minimum absolute atomic E-state index is 0.153. The van der Waals surface area contributed by atoms with Gasteiger partial charge in [-0.25, -0.2) is 13.4 Å². The van der Waals surface area contributed by atoms with Gasteiger partial charge in [-0.1, -0.05) is 19.0 Å². The average molecular weight is 371 g/mol. The van der Waals surface area contributed by atoms with Crippen molar-refractivity contribution in [2.45, 2.75) is 52.5 Å². The molecule has 8 heteroatoms. The lowest BCUT2D eigenvalue weighted by Gasteiger charge is -2.13. The summed E-state index contributed by atoms with van der Waals surface area (Å²) in [6.07, 6.45) is 2.80. The number of nitrogens with zero attached hydrogens (tertiary/aromatic N) is 2. The van der Waals surface area contributed by atoms with Crippen LogP contribution >= 0.6 is 0 Å². The molecule has 0 spiro atoms. The Balaban J connectivity index is 1.91. The first kappa shape index (κ1) is 19.8. The van der Waals surface area contributed by atoms with E-state index in [-0.39, 0.29) is 11.7 Å². The number of guanidine groups is 1. The van der Waals surface area contributed by atoms with E-state index in [1.165, 1.54) is 0 Å². The highest BCUT2D eigenvalue weighted by Crippen LogP contribution is 2.22. The Morgan fingerprint density at radius 2 is 2.12 bits per heavy atom. The van der Waals surface area contributed by atoms with Crippen molar-refractivity contribution in [2.75, 3.05) is 24.6 Å². The van der Waals surface area contributed by atoms with E-state index < -0.39 is 9.84 Å². The van der Waals surface area contributed by atoms with Crippen LogP contribution in [0.1, 0.15) is 57.4 Å². The number of hydrogen-bond acceptors (Lipinski definition) is 5. The summed E-state index contributed by atoms with van der Waals surface area (Å²) in [6.45, 7) is 8.06. The summed E-state index contributed by atoms with van der Waals surface area (Å²) in [4.78, 5) is 4.52. The first-order valence-electron chi connectivity index (χ1n) is 9.15. The van der Waals surface area contributed by atoms with Gasteiger partial charge >= 0.3 is 0 Å². The second kappa shape index (κ2) is 9.22. The Hall–Kier alpha value is -1.57. The largest absolute Gasteiger partial charge is 0.359 e. The van der Waals surface area contributed by atoms with Crippen molar-refractivity contribution in [3.05, 3.63) is 17.5 Å². The molecule has 1 fully saturated rings. The van der Waals surface area contributed by atoms with Crippen LogP contribution in [0.15, 0.2) is 15.6 Å². The molecule has 1 saturated heterocycles. The third-order valence-corrected chi connectivity index (χ3v) is 6.44. The highest BCUT2D eigenvalue weighted by Gasteiger charge is 2.27. The zero-order valence-corrected chi connectivity index (χ0v) is 16.2. The molecule has 0 radical (unpaired) electrons. The number of nitrogens with one attached hydrogen (secondary N) is 2. The van der Waals surface area contributed by atoms with Crippen molar-refractivity contribution < 1.29 is 12.9 Å². The fraction of sp³-hybridized carbons (Fsp3) is 0.765. The minimum Gasteiger partial charge on any atom is -0.359 e. The van der Waals surface area contributed by atoms with Crippen LogP contribution in [0.3, 0.4) is 0 Å². The average Bonchev–Trinajstić information content (AvgIpc) is 3.18. The molecule has 2 heterocycles. The highest BCUT2D eigenvalue weighted by atomic mass is 32.2. The van der Waals surface area contributed by atoms with Crippen LogP contribution in [0.25, 0.3) is 0 Å². The molecule has 0 aliphatic carbocycles. The molecule has 2 N–H and O–H groups in total. The summed E-state index contributed by atoms with van der Waals surface area (Å²) in [5.41, 5.74) is 0.990. The van der Waals surface area contributed by atoms with Crippen molar-refractivity contribution in [1.29, 1.82) is 0 Å². The zero-order valence-electron chi connectivity index (χ0n) is 15.4. The van der Waals surface area contributed by atoms with Gasteiger partial charge in [0.2, 0.25) is 0 Å². The van der Waals surface area contributed by atoms with Gasteiger partial charge in [-0.15, -0.1) is 0 Å². The Kier molecular flexibility index (Phi) is 7.28. The predicted molar refractivity (Wildman–Crippen MR) is 99.4 cm³/mol. The molecule has 1 aromatic rings. The number of hydrogen-bond donors (Lipinski definition) is 2. The maximum atomic E-state index is 11.5. The van der Waals surface area contributed by atoms with Crippen molar-refractivity contribution in [3.8, 4) is 0 Å². The van der Waals surface area contributed by atoms with E-state index in [0.717, 1.165) is 37.3 Å². The minimum atomic E-state index is -2.85. The molecule has 142 valence electrons. The Morgan fingerprint density at radius 3 is 2.72 bits per heavy atom. The molecule has 7 nitrogen and oxygen atoms in total. The highest BCUT2D eigenvalue weighted by molar-refractivity contribution is 7.91. The third kappa shape index (κ3) is 6.02. The molecule has 1 atom stereocenters. The summed E-state index contributed by atoms with van der Waals surface area (Å²) in [7, 11) is -2.85. The van der Waals surface area contributed by atoms with Gasteiger partial charge in [0.15, 0.2) is 21.6 Å². The summed E-state index contributed by atoms with van der Waals surface area (Å²) < 4.78 is 28.5. The molecule has 25 heavy (non-hydrogen) atoms. The van der Waals surface area contributed by atoms with Gasteiger partial charge in [0.25, 0.3) is 0 Å². The second-order valence-corrected chi connectivity index (χ2v) is 8.81. The van der Waals surface area contributed by atoms with E-state index in [9.17, 15) is 8.42 Å².